The van der Waals surface area contributed by atoms with E-state index in [1.165, 1.54) is 38.5 Å². The van der Waals surface area contributed by atoms with Crippen molar-refractivity contribution < 1.29 is 9.59 Å². The van der Waals surface area contributed by atoms with Crippen molar-refractivity contribution >= 4 is 29.9 Å². The van der Waals surface area contributed by atoms with Gasteiger partial charge in [-0.3, -0.25) is 4.99 Å². The number of hydrogen-bond donors (Lipinski definition) is 0. The van der Waals surface area contributed by atoms with Crippen LogP contribution in [-0.2, 0) is 0 Å². The Kier molecular flexibility index (Phi) is 4.75. The van der Waals surface area contributed by atoms with Gasteiger partial charge in [-0.1, -0.05) is 0 Å². The molecule has 0 unspecified atom stereocenters. The lowest BCUT2D eigenvalue weighted by molar-refractivity contribution is -0.869. The van der Waals surface area contributed by atoms with Gasteiger partial charge in [0.15, 0.2) is 0 Å². The molecule has 0 aromatic rings. The second-order valence-corrected chi connectivity index (χ2v) is 8.41. The third kappa shape index (κ3) is 3.67. The Labute approximate surface area is 140 Å². The van der Waals surface area contributed by atoms with E-state index in [4.69, 9.17) is 4.99 Å². The fourth-order valence-electron chi connectivity index (χ4n) is 4.95. The highest BCUT2D eigenvalue weighted by atomic mass is 127. The molecule has 4 aliphatic rings. The van der Waals surface area contributed by atoms with Gasteiger partial charge >= 0.3 is 0 Å². The fourth-order valence-corrected chi connectivity index (χ4v) is 4.95. The van der Waals surface area contributed by atoms with E-state index in [0.717, 1.165) is 28.8 Å². The Morgan fingerprint density at radius 2 is 1.50 bits per heavy atom. The van der Waals surface area contributed by atoms with E-state index < -0.39 is 0 Å². The van der Waals surface area contributed by atoms with Gasteiger partial charge in [0.25, 0.3) is 0 Å². The standard InChI is InChI=1S/C16H28N2O.HI/c1-18(2,3)5-4-15(19)17-16-9-12-6-13(10-16)8-14(7-12)11-16;/h12-14H,4-11H2,1-3H3;1H. The van der Waals surface area contributed by atoms with Gasteiger partial charge in [0.05, 0.1) is 33.2 Å². The summed E-state index contributed by atoms with van der Waals surface area (Å²) in [4.78, 5) is 4.72. The first-order valence-corrected chi connectivity index (χ1v) is 7.90. The molecule has 0 aliphatic heterocycles. The molecule has 4 fully saturated rings. The first-order chi connectivity index (χ1) is 8.84. The minimum absolute atomic E-state index is 0. The maximum absolute atomic E-state index is 12.2. The molecule has 0 aromatic carbocycles. The molecule has 0 atom stereocenters. The molecule has 0 saturated heterocycles. The molecule has 116 valence electrons. The van der Waals surface area contributed by atoms with E-state index in [1.807, 2.05) is 0 Å². The number of nitrogens with zero attached hydrogens (tertiary/aromatic N) is 2. The van der Waals surface area contributed by atoms with Gasteiger partial charge in [0, 0.05) is 6.42 Å². The van der Waals surface area contributed by atoms with Crippen molar-refractivity contribution in [1.82, 2.24) is 0 Å². The number of halogens is 1. The molecule has 0 spiro atoms. The van der Waals surface area contributed by atoms with Crippen molar-refractivity contribution in [2.75, 3.05) is 27.7 Å². The van der Waals surface area contributed by atoms with E-state index >= 15 is 0 Å². The summed E-state index contributed by atoms with van der Waals surface area (Å²) in [6, 6.07) is 0. The molecule has 4 aliphatic carbocycles. The summed E-state index contributed by atoms with van der Waals surface area (Å²) in [5.41, 5.74) is 0.0662. The second-order valence-electron chi connectivity index (χ2n) is 8.41. The van der Waals surface area contributed by atoms with E-state index in [1.54, 1.807) is 0 Å². The topological polar surface area (TPSA) is 35.4 Å². The van der Waals surface area contributed by atoms with Crippen LogP contribution in [0.4, 0.5) is 0 Å². The molecule has 3 nitrogen and oxygen atoms in total. The normalized spacial score (nSPS) is 39.8. The SMILES string of the molecule is C[N+](C)(C)CCC([O-])=NC12CC3CC(CC(C3)C1)C2.I. The molecular formula is C16H29IN2O. The number of hydrogen-bond acceptors (Lipinski definition) is 2. The molecule has 4 saturated carbocycles. The largest absolute Gasteiger partial charge is 0.862 e. The molecule has 4 rings (SSSR count). The molecular weight excluding hydrogens is 363 g/mol. The Balaban J connectivity index is 0.00000147. The van der Waals surface area contributed by atoms with Gasteiger partial charge in [0.2, 0.25) is 0 Å². The number of quaternary nitrogens is 1. The van der Waals surface area contributed by atoms with E-state index in [2.05, 4.69) is 21.1 Å². The van der Waals surface area contributed by atoms with Crippen LogP contribution in [0.25, 0.3) is 0 Å². The summed E-state index contributed by atoms with van der Waals surface area (Å²) in [6.45, 7) is 0.898. The van der Waals surface area contributed by atoms with E-state index in [-0.39, 0.29) is 35.4 Å². The molecule has 0 radical (unpaired) electrons. The second kappa shape index (κ2) is 5.75. The van der Waals surface area contributed by atoms with E-state index in [0.29, 0.717) is 6.42 Å². The molecule has 20 heavy (non-hydrogen) atoms. The predicted molar refractivity (Wildman–Crippen MR) is 91.3 cm³/mol. The average Bonchev–Trinajstić information content (AvgIpc) is 2.22. The summed E-state index contributed by atoms with van der Waals surface area (Å²) in [5.74, 6) is 2.79. The van der Waals surface area contributed by atoms with Crippen molar-refractivity contribution in [3.63, 3.8) is 0 Å². The summed E-state index contributed by atoms with van der Waals surface area (Å²) >= 11 is 0. The molecule has 0 heterocycles. The zero-order valence-electron chi connectivity index (χ0n) is 13.1. The Morgan fingerprint density at radius 3 is 1.90 bits per heavy atom. The Morgan fingerprint density at radius 1 is 1.05 bits per heavy atom. The van der Waals surface area contributed by atoms with Gasteiger partial charge in [-0.25, -0.2) is 0 Å². The Bertz CT molecular complexity index is 351. The predicted octanol–water partition coefficient (Wildman–Crippen LogP) is 2.43. The molecule has 0 aromatic heterocycles. The molecule has 4 bridgehead atoms. The van der Waals surface area contributed by atoms with E-state index in [9.17, 15) is 5.11 Å². The van der Waals surface area contributed by atoms with Crippen LogP contribution in [0.3, 0.4) is 0 Å². The van der Waals surface area contributed by atoms with Crippen molar-refractivity contribution in [3.05, 3.63) is 0 Å². The fraction of sp³-hybridized carbons (Fsp3) is 0.938. The summed E-state index contributed by atoms with van der Waals surface area (Å²) in [5, 5.41) is 12.2. The highest BCUT2D eigenvalue weighted by Crippen LogP contribution is 2.57. The van der Waals surface area contributed by atoms with Crippen LogP contribution in [0.2, 0.25) is 0 Å². The van der Waals surface area contributed by atoms with Crippen LogP contribution in [0.1, 0.15) is 44.9 Å². The van der Waals surface area contributed by atoms with Gasteiger partial charge in [-0.2, -0.15) is 0 Å². The highest BCUT2D eigenvalue weighted by molar-refractivity contribution is 14.0. The highest BCUT2D eigenvalue weighted by Gasteiger charge is 2.50. The van der Waals surface area contributed by atoms with Gasteiger partial charge in [0.1, 0.15) is 0 Å². The molecule has 0 N–H and O–H groups in total. The van der Waals surface area contributed by atoms with Crippen molar-refractivity contribution in [2.45, 2.75) is 50.5 Å². The van der Waals surface area contributed by atoms with Gasteiger partial charge in [-0.15, -0.1) is 24.0 Å². The van der Waals surface area contributed by atoms with Crippen LogP contribution >= 0.6 is 24.0 Å². The van der Waals surface area contributed by atoms with Crippen LogP contribution in [0.15, 0.2) is 4.99 Å². The van der Waals surface area contributed by atoms with Crippen molar-refractivity contribution in [2.24, 2.45) is 22.7 Å². The Hall–Kier alpha value is 0.160. The zero-order valence-corrected chi connectivity index (χ0v) is 15.4. The minimum atomic E-state index is 0. The van der Waals surface area contributed by atoms with Crippen molar-refractivity contribution in [1.29, 1.82) is 0 Å². The average molecular weight is 392 g/mol. The summed E-state index contributed by atoms with van der Waals surface area (Å²) in [6.07, 6.45) is 8.48. The summed E-state index contributed by atoms with van der Waals surface area (Å²) in [7, 11) is 6.41. The molecule has 4 heteroatoms. The summed E-state index contributed by atoms with van der Waals surface area (Å²) < 4.78 is 0.849. The first-order valence-electron chi connectivity index (χ1n) is 7.90. The smallest absolute Gasteiger partial charge is 0.0824 e. The van der Waals surface area contributed by atoms with Crippen LogP contribution in [0.5, 0.6) is 0 Å². The maximum atomic E-state index is 12.2. The number of rotatable bonds is 4. The third-order valence-corrected chi connectivity index (χ3v) is 5.36. The maximum Gasteiger partial charge on any atom is 0.0824 e. The lowest BCUT2D eigenvalue weighted by atomic mass is 9.53. The third-order valence-electron chi connectivity index (χ3n) is 5.36. The zero-order chi connectivity index (χ0) is 13.7. The van der Waals surface area contributed by atoms with Crippen LogP contribution in [-0.4, -0.2) is 43.6 Å². The first kappa shape index (κ1) is 16.5. The van der Waals surface area contributed by atoms with Crippen LogP contribution in [0, 0.1) is 17.8 Å². The quantitative estimate of drug-likeness (QED) is 0.313. The number of aliphatic imine (C=N–C) groups is 1. The molecule has 0 amide bonds. The monoisotopic (exact) mass is 392 g/mol. The van der Waals surface area contributed by atoms with Crippen LogP contribution < -0.4 is 5.11 Å². The lowest BCUT2D eigenvalue weighted by Crippen LogP contribution is -2.50. The van der Waals surface area contributed by atoms with Gasteiger partial charge < -0.3 is 9.59 Å². The van der Waals surface area contributed by atoms with Crippen molar-refractivity contribution in [3.8, 4) is 0 Å². The lowest BCUT2D eigenvalue weighted by Gasteiger charge is -2.55. The van der Waals surface area contributed by atoms with Gasteiger partial charge in [-0.05, 0) is 62.2 Å². The minimum Gasteiger partial charge on any atom is -0.862 e.